The molecule has 4 saturated heterocycles. The van der Waals surface area contributed by atoms with Gasteiger partial charge >= 0.3 is 5.97 Å². The molecule has 0 radical (unpaired) electrons. The molecule has 1 unspecified atom stereocenters. The van der Waals surface area contributed by atoms with Gasteiger partial charge in [0.1, 0.15) is 17.1 Å². The van der Waals surface area contributed by atoms with Crippen molar-refractivity contribution in [3.63, 3.8) is 0 Å². The average molecular weight is 1220 g/mol. The first-order valence-electron chi connectivity index (χ1n) is 29.5. The molecule has 2 aromatic carbocycles. The molecule has 0 bridgehead atoms. The molecule has 0 saturated carbocycles. The largest absolute Gasteiger partial charge is 0.508 e. The molecule has 0 aromatic heterocycles. The second-order valence-electron chi connectivity index (χ2n) is 20.6. The fourth-order valence-electron chi connectivity index (χ4n) is 9.95. The summed E-state index contributed by atoms with van der Waals surface area (Å²) < 4.78 is 38.9. The first-order valence-corrected chi connectivity index (χ1v) is 31.2. The number of thiocarbonyl (C=S) groups is 1. The molecule has 6 aliphatic rings. The van der Waals surface area contributed by atoms with Crippen LogP contribution in [0.15, 0.2) is 63.8 Å². The van der Waals surface area contributed by atoms with Crippen LogP contribution in [-0.4, -0.2) is 242 Å². The van der Waals surface area contributed by atoms with E-state index in [1.54, 1.807) is 24.3 Å². The minimum atomic E-state index is -1.13. The highest BCUT2D eigenvalue weighted by Crippen LogP contribution is 2.42. The Morgan fingerprint density at radius 3 is 1.70 bits per heavy atom. The van der Waals surface area contributed by atoms with Gasteiger partial charge in [-0.15, -0.1) is 0 Å². The van der Waals surface area contributed by atoms with E-state index in [1.165, 1.54) is 112 Å². The number of likely N-dealkylation sites (N-methyl/N-ethyl adjacent to an activating group) is 1. The smallest absolute Gasteiger partial charge is 0.336 e. The van der Waals surface area contributed by atoms with Gasteiger partial charge in [-0.2, -0.15) is 11.8 Å². The van der Waals surface area contributed by atoms with Gasteiger partial charge in [-0.1, -0.05) is 6.07 Å². The summed E-state index contributed by atoms with van der Waals surface area (Å²) in [5.74, 6) is -1.43. The molecule has 1 atom stereocenters. The second kappa shape index (κ2) is 38.6. The van der Waals surface area contributed by atoms with E-state index < -0.39 is 5.97 Å². The Morgan fingerprint density at radius 2 is 1.18 bits per heavy atom. The van der Waals surface area contributed by atoms with Gasteiger partial charge in [0.15, 0.2) is 10.5 Å². The summed E-state index contributed by atoms with van der Waals surface area (Å²) >= 11 is 6.76. The van der Waals surface area contributed by atoms with Crippen LogP contribution < -0.4 is 26.7 Å². The first kappa shape index (κ1) is 67.8. The van der Waals surface area contributed by atoms with E-state index in [0.29, 0.717) is 104 Å². The van der Waals surface area contributed by atoms with Gasteiger partial charge in [-0.25, -0.2) is 4.79 Å². The number of likely N-dealkylation sites (tertiary alicyclic amines) is 4. The number of aromatic carboxylic acids is 1. The lowest BCUT2D eigenvalue weighted by molar-refractivity contribution is -0.138. The number of thioether (sulfide) groups is 1. The molecule has 22 nitrogen and oxygen atoms in total. The monoisotopic (exact) mass is 1220 g/mol. The maximum Gasteiger partial charge on any atom is 0.336 e. The fourth-order valence-corrected chi connectivity index (χ4v) is 10.8. The molecule has 3 amide bonds. The SMILES string of the molecule is CNCCOCCOCCN1CCCC1.CSC1CC(=O)N(CCC(=O)NCCOCCOCCN2CCCC2)C1=O.O=C(O)c1cc(NC(=S)NCCOCCOCCN2CCCC2)ccc1-c1c2ccc(=O)cc-2oc2cc(O)ccc12.[3HH].[3HH].[3HH]. The van der Waals surface area contributed by atoms with Crippen molar-refractivity contribution in [1.82, 2.24) is 35.6 Å². The van der Waals surface area contributed by atoms with E-state index >= 15 is 0 Å². The highest BCUT2D eigenvalue weighted by Gasteiger charge is 2.38. The lowest BCUT2D eigenvalue weighted by Crippen LogP contribution is -2.36. The summed E-state index contributed by atoms with van der Waals surface area (Å²) in [6, 6.07) is 13.9. The van der Waals surface area contributed by atoms with Crippen LogP contribution in [-0.2, 0) is 42.8 Å². The van der Waals surface area contributed by atoms with E-state index in [-0.39, 0.29) is 69.1 Å². The maximum atomic E-state index is 12.4. The van der Waals surface area contributed by atoms with Crippen molar-refractivity contribution in [1.29, 1.82) is 0 Å². The predicted octanol–water partition coefficient (Wildman–Crippen LogP) is 5.57. The van der Waals surface area contributed by atoms with Crippen molar-refractivity contribution in [3.8, 4) is 28.2 Å². The highest BCUT2D eigenvalue weighted by molar-refractivity contribution is 8.00. The van der Waals surface area contributed by atoms with Crippen LogP contribution in [0.4, 0.5) is 5.69 Å². The van der Waals surface area contributed by atoms with Gasteiger partial charge in [0.2, 0.25) is 17.7 Å². The number of aromatic hydroxyl groups is 1. The second-order valence-corrected chi connectivity index (χ2v) is 22.0. The average Bonchev–Trinajstić information content (AvgIpc) is 1.45. The van der Waals surface area contributed by atoms with Crippen molar-refractivity contribution in [2.24, 2.45) is 0 Å². The number of phenols is 1. The van der Waals surface area contributed by atoms with E-state index in [1.807, 2.05) is 13.3 Å². The van der Waals surface area contributed by atoms with Crippen molar-refractivity contribution in [2.45, 2.75) is 56.6 Å². The molecule has 5 heterocycles. The van der Waals surface area contributed by atoms with E-state index in [4.69, 9.17) is 45.1 Å². The number of carbonyl (C=O) groups excluding carboxylic acids is 3. The number of nitrogens with zero attached hydrogens (tertiary/aromatic N) is 4. The van der Waals surface area contributed by atoms with Gasteiger partial charge in [0.05, 0.1) is 90.1 Å². The predicted molar refractivity (Wildman–Crippen MR) is 336 cm³/mol. The molecular formula is C60H94N8O14S2. The minimum absolute atomic E-state index is 0. The molecule has 2 aromatic rings. The summed E-state index contributed by atoms with van der Waals surface area (Å²) in [5.41, 5.74) is 2.18. The van der Waals surface area contributed by atoms with E-state index in [9.17, 15) is 34.2 Å². The maximum absolute atomic E-state index is 12.4. The number of imide groups is 1. The summed E-state index contributed by atoms with van der Waals surface area (Å²) in [6.45, 7) is 19.6. The van der Waals surface area contributed by atoms with Gasteiger partial charge in [0.25, 0.3) is 0 Å². The summed E-state index contributed by atoms with van der Waals surface area (Å²) in [4.78, 5) is 68.4. The van der Waals surface area contributed by atoms with Crippen molar-refractivity contribution in [3.05, 3.63) is 70.4 Å². The van der Waals surface area contributed by atoms with Crippen LogP contribution in [0.5, 0.6) is 5.75 Å². The molecule has 1 aliphatic carbocycles. The molecule has 0 spiro atoms. The highest BCUT2D eigenvalue weighted by atomic mass is 32.2. The number of rotatable bonds is 34. The van der Waals surface area contributed by atoms with Crippen LogP contribution in [0.1, 0.15) is 66.0 Å². The number of amides is 3. The molecule has 5 aliphatic heterocycles. The van der Waals surface area contributed by atoms with Crippen LogP contribution in [0.25, 0.3) is 33.4 Å². The van der Waals surface area contributed by atoms with Gasteiger partial charge in [-0.3, -0.25) is 24.1 Å². The Labute approximate surface area is 507 Å². The lowest BCUT2D eigenvalue weighted by Gasteiger charge is -2.18. The number of nitrogens with one attached hydrogen (secondary N) is 4. The Hall–Kier alpha value is -5.35. The van der Waals surface area contributed by atoms with Crippen LogP contribution >= 0.6 is 24.0 Å². The van der Waals surface area contributed by atoms with Gasteiger partial charge < -0.3 is 79.0 Å². The first-order chi connectivity index (χ1) is 40.9. The van der Waals surface area contributed by atoms with E-state index in [0.717, 1.165) is 65.7 Å². The van der Waals surface area contributed by atoms with Crippen molar-refractivity contribution < 1.29 is 66.5 Å². The number of anilines is 1. The molecular weight excluding hydrogens is 1120 g/mol. The van der Waals surface area contributed by atoms with Crippen LogP contribution in [0.3, 0.4) is 0 Å². The summed E-state index contributed by atoms with van der Waals surface area (Å²) in [5, 5.41) is 32.6. The Morgan fingerprint density at radius 1 is 0.655 bits per heavy atom. The number of carboxylic acids is 1. The Balaban J connectivity index is 0.000000378. The molecule has 6 N–H and O–H groups in total. The quantitative estimate of drug-likeness (QED) is 0.0145. The van der Waals surface area contributed by atoms with Crippen molar-refractivity contribution >= 4 is 69.4 Å². The zero-order valence-corrected chi connectivity index (χ0v) is 50.6. The number of hydrogen-bond acceptors (Lipinski definition) is 19. The molecule has 8 rings (SSSR count). The van der Waals surface area contributed by atoms with Crippen LogP contribution in [0, 0.1) is 0 Å². The third-order valence-electron chi connectivity index (χ3n) is 14.5. The Kier molecular flexibility index (Phi) is 31.2. The topological polar surface area (TPSA) is 255 Å². The molecule has 470 valence electrons. The molecule has 4 fully saturated rings. The fraction of sp³-hybridized carbons (Fsp3) is 0.600. The third kappa shape index (κ3) is 23.8. The van der Waals surface area contributed by atoms with Crippen molar-refractivity contribution in [2.75, 3.05) is 183 Å². The Bertz CT molecular complexity index is 2690. The standard InChI is InChI=1S/C31H33N3O7S.C18H31N3O5S.C11H24N2O2.3H2/c35-21-4-7-24-27(18-21)41-28-19-22(36)5-8-25(28)29(24)23-6-3-20(17-26(23)30(37)38)33-31(42)32-9-13-39-15-16-40-14-12-34-10-1-2-11-34;1-27-15-14-17(23)21(18(15)24)8-4-16(22)19-5-10-25-12-13-26-11-9-20-6-2-3-7-20;1-12-4-8-14-10-11-15-9-7-13-5-2-3-6-13;;;/h3-8,17-19,35H,1-2,9-16H2,(H,37,38)(H2,32,33,42);15H,2-14H2,1H3,(H,19,22);12H,2-11H2,1H3;3*1H/i;;;3*1+2. The van der Waals surface area contributed by atoms with E-state index in [2.05, 4.69) is 36.0 Å². The minimum Gasteiger partial charge on any atom is -0.508 e. The zero-order chi connectivity index (χ0) is 59.7. The van der Waals surface area contributed by atoms with Crippen LogP contribution in [0.2, 0.25) is 0 Å². The van der Waals surface area contributed by atoms with Gasteiger partial charge in [-0.05, 0) is 145 Å². The third-order valence-corrected chi connectivity index (χ3v) is 15.7. The molecule has 24 heteroatoms. The number of fused-ring (bicyclic) bond motifs is 2. The number of carboxylic acid groups (broad SMARTS) is 1. The number of benzene rings is 3. The lowest BCUT2D eigenvalue weighted by atomic mass is 9.90. The zero-order valence-electron chi connectivity index (χ0n) is 49.0. The number of carbonyl (C=O) groups is 4. The van der Waals surface area contributed by atoms with Gasteiger partial charge in [0, 0.05) is 97.3 Å². The number of hydrogen-bond donors (Lipinski definition) is 6. The summed E-state index contributed by atoms with van der Waals surface area (Å²) in [7, 11) is 1.93. The summed E-state index contributed by atoms with van der Waals surface area (Å²) in [6.07, 6.45) is 10.0. The normalized spacial score (nSPS) is 16.5. The molecule has 84 heavy (non-hydrogen) atoms. The number of ether oxygens (including phenoxy) is 6. The number of phenolic OH excluding ortho intramolecular Hbond substituents is 1.